The summed E-state index contributed by atoms with van der Waals surface area (Å²) in [6.45, 7) is 4.18. The van der Waals surface area contributed by atoms with Crippen molar-refractivity contribution in [2.45, 2.75) is 38.5 Å². The first-order chi connectivity index (χ1) is 18.5. The lowest BCUT2D eigenvalue weighted by molar-refractivity contribution is -0.152. The summed E-state index contributed by atoms with van der Waals surface area (Å²) in [7, 11) is -2.47. The van der Waals surface area contributed by atoms with Crippen molar-refractivity contribution in [3.63, 3.8) is 0 Å². The first-order valence-electron chi connectivity index (χ1n) is 12.2. The molecule has 0 fully saturated rings. The van der Waals surface area contributed by atoms with Gasteiger partial charge in [0.25, 0.3) is 0 Å². The third kappa shape index (κ3) is 7.69. The number of carbonyl (C=O) groups excluding carboxylic acids is 3. The van der Waals surface area contributed by atoms with E-state index in [0.717, 1.165) is 0 Å². The zero-order chi connectivity index (χ0) is 28.6. The van der Waals surface area contributed by atoms with E-state index in [4.69, 9.17) is 14.2 Å². The monoisotopic (exact) mass is 552 g/mol. The van der Waals surface area contributed by atoms with Gasteiger partial charge in [-0.3, -0.25) is 14.4 Å². The highest BCUT2D eigenvalue weighted by Crippen LogP contribution is 2.33. The molecule has 0 amide bonds. The lowest BCUT2D eigenvalue weighted by atomic mass is 10.0. The number of rotatable bonds is 12. The fourth-order valence-electron chi connectivity index (χ4n) is 4.11. The molecule has 1 aliphatic rings. The minimum absolute atomic E-state index is 0.138. The molecule has 0 aliphatic heterocycles. The van der Waals surface area contributed by atoms with E-state index >= 15 is 0 Å². The highest BCUT2D eigenvalue weighted by Gasteiger charge is 2.37. The topological polar surface area (TPSA) is 126 Å². The number of methoxy groups -OCH3 is 1. The summed E-state index contributed by atoms with van der Waals surface area (Å²) in [5, 5.41) is -1.14. The Bertz CT molecular complexity index is 1410. The van der Waals surface area contributed by atoms with Crippen LogP contribution in [0.5, 0.6) is 11.5 Å². The van der Waals surface area contributed by atoms with E-state index in [-0.39, 0.29) is 29.4 Å². The van der Waals surface area contributed by atoms with Crippen molar-refractivity contribution in [1.82, 2.24) is 4.98 Å². The average Bonchev–Trinajstić information content (AvgIpc) is 2.89. The van der Waals surface area contributed by atoms with E-state index in [1.807, 2.05) is 0 Å². The number of hydrogen-bond donors (Lipinski definition) is 0. The molecular formula is C29H30NO8S+. The van der Waals surface area contributed by atoms with Gasteiger partial charge in [0.05, 0.1) is 24.7 Å². The van der Waals surface area contributed by atoms with Crippen LogP contribution in [0.2, 0.25) is 0 Å². The van der Waals surface area contributed by atoms with Crippen molar-refractivity contribution in [2.24, 2.45) is 5.92 Å². The van der Waals surface area contributed by atoms with Crippen LogP contribution in [0.15, 0.2) is 72.5 Å². The van der Waals surface area contributed by atoms with Crippen molar-refractivity contribution in [2.75, 3.05) is 12.9 Å². The first kappa shape index (κ1) is 29.4. The summed E-state index contributed by atoms with van der Waals surface area (Å²) in [5.41, 5.74) is 0.875. The number of allylic oxidation sites excluding steroid dienone is 5. The first-order valence-corrected chi connectivity index (χ1v) is 13.9. The summed E-state index contributed by atoms with van der Waals surface area (Å²) in [4.78, 5) is 41.6. The Labute approximate surface area is 228 Å². The molecule has 1 aromatic heterocycles. The minimum atomic E-state index is -3.83. The number of Topliss-reactive ketones (excluding diaryl/α,β-unsaturated/α-hetero) is 1. The zero-order valence-corrected chi connectivity index (χ0v) is 22.9. The fourth-order valence-corrected chi connectivity index (χ4v) is 6.14. The second-order valence-corrected chi connectivity index (χ2v) is 11.1. The Morgan fingerprint density at radius 1 is 1.08 bits per heavy atom. The van der Waals surface area contributed by atoms with Crippen LogP contribution in [0.3, 0.4) is 0 Å². The third-order valence-electron chi connectivity index (χ3n) is 5.87. The number of hydrogen-bond acceptors (Lipinski definition) is 9. The molecule has 1 aliphatic carbocycles. The van der Waals surface area contributed by atoms with Crippen molar-refractivity contribution in [3.05, 3.63) is 89.8 Å². The van der Waals surface area contributed by atoms with E-state index < -0.39 is 44.8 Å². The van der Waals surface area contributed by atoms with E-state index in [0.29, 0.717) is 11.1 Å². The summed E-state index contributed by atoms with van der Waals surface area (Å²) < 4.78 is 43.0. The molecule has 0 bridgehead atoms. The van der Waals surface area contributed by atoms with Gasteiger partial charge >= 0.3 is 11.9 Å². The molecule has 0 unspecified atom stereocenters. The Hall–Kier alpha value is -4.14. The van der Waals surface area contributed by atoms with Crippen LogP contribution in [-0.4, -0.2) is 50.1 Å². The second-order valence-electron chi connectivity index (χ2n) is 9.01. The van der Waals surface area contributed by atoms with Gasteiger partial charge in [0, 0.05) is 37.8 Å². The average molecular weight is 553 g/mol. The fraction of sp³-hybridized carbons (Fsp3) is 0.310. The van der Waals surface area contributed by atoms with Crippen molar-refractivity contribution < 1.29 is 37.0 Å². The van der Waals surface area contributed by atoms with Crippen molar-refractivity contribution in [1.29, 1.82) is 0 Å². The van der Waals surface area contributed by atoms with Gasteiger partial charge in [-0.25, -0.2) is 13.4 Å². The SMILES string of the molecule is COc1ccnc(C(=O)C[C@@H](C)C(=O)O[C@@H](C)[C@@H](c2ccccc2)S(=O)(=O)CC2=CC=C[C+]=C2)c1OC(C)=O. The molecule has 3 rings (SSSR count). The van der Waals surface area contributed by atoms with Crippen LogP contribution in [0.1, 0.15) is 48.5 Å². The smallest absolute Gasteiger partial charge is 0.309 e. The molecule has 10 heteroatoms. The third-order valence-corrected chi connectivity index (χ3v) is 8.04. The van der Waals surface area contributed by atoms with E-state index in [9.17, 15) is 22.8 Å². The van der Waals surface area contributed by atoms with Gasteiger partial charge in [-0.15, -0.1) is 0 Å². The van der Waals surface area contributed by atoms with Crippen LogP contribution in [0, 0.1) is 12.0 Å². The van der Waals surface area contributed by atoms with Crippen LogP contribution in [0.4, 0.5) is 0 Å². The van der Waals surface area contributed by atoms with Crippen LogP contribution in [0.25, 0.3) is 0 Å². The predicted octanol–water partition coefficient (Wildman–Crippen LogP) is 4.17. The van der Waals surface area contributed by atoms with Gasteiger partial charge in [-0.05, 0) is 12.5 Å². The number of ketones is 1. The van der Waals surface area contributed by atoms with Gasteiger partial charge in [0.2, 0.25) is 5.75 Å². The number of esters is 2. The minimum Gasteiger partial charge on any atom is -0.493 e. The van der Waals surface area contributed by atoms with E-state index in [1.54, 1.807) is 54.6 Å². The summed E-state index contributed by atoms with van der Waals surface area (Å²) in [6.07, 6.45) is 9.49. The number of ether oxygens (including phenoxy) is 3. The molecule has 9 nitrogen and oxygen atoms in total. The maximum Gasteiger partial charge on any atom is 0.309 e. The maximum atomic E-state index is 13.5. The number of nitrogens with zero attached hydrogens (tertiary/aromatic N) is 1. The molecule has 39 heavy (non-hydrogen) atoms. The molecule has 0 N–H and O–H groups in total. The Morgan fingerprint density at radius 3 is 2.41 bits per heavy atom. The molecule has 2 aromatic rings. The normalized spacial score (nSPS) is 14.8. The van der Waals surface area contributed by atoms with Gasteiger partial charge in [-0.1, -0.05) is 37.3 Å². The lowest BCUT2D eigenvalue weighted by Crippen LogP contribution is -2.32. The van der Waals surface area contributed by atoms with Crippen molar-refractivity contribution >= 4 is 27.6 Å². The van der Waals surface area contributed by atoms with Gasteiger partial charge < -0.3 is 14.2 Å². The quantitative estimate of drug-likeness (QED) is 0.217. The Balaban J connectivity index is 1.79. The maximum absolute atomic E-state index is 13.5. The number of aromatic nitrogens is 1. The van der Waals surface area contributed by atoms with Gasteiger partial charge in [0.15, 0.2) is 27.1 Å². The van der Waals surface area contributed by atoms with E-state index in [2.05, 4.69) is 11.1 Å². The van der Waals surface area contributed by atoms with Gasteiger partial charge in [-0.2, -0.15) is 0 Å². The number of benzene rings is 1. The molecular weight excluding hydrogens is 522 g/mol. The summed E-state index contributed by atoms with van der Waals surface area (Å²) in [6, 6.07) is 9.97. The van der Waals surface area contributed by atoms with Crippen LogP contribution >= 0.6 is 0 Å². The van der Waals surface area contributed by atoms with Crippen LogP contribution < -0.4 is 9.47 Å². The lowest BCUT2D eigenvalue weighted by Gasteiger charge is -2.25. The molecule has 3 atom stereocenters. The van der Waals surface area contributed by atoms with Crippen LogP contribution in [-0.2, 0) is 24.2 Å². The zero-order valence-electron chi connectivity index (χ0n) is 22.1. The number of sulfone groups is 1. The molecule has 0 spiro atoms. The number of pyridine rings is 1. The molecule has 0 saturated heterocycles. The standard InChI is InChI=1S/C29H30NO8S/c1-19(17-24(32)26-27(38-21(3)31)25(36-4)15-16-30-26)29(33)37-20(2)28(23-13-9-6-10-14-23)39(34,35)18-22-11-7-5-8-12-22/h5-7,9-16,19-20,28H,17-18H2,1-4H3/q+1/t19-,20+,28+/m1/s1. The largest absolute Gasteiger partial charge is 0.493 e. The molecule has 1 aromatic carbocycles. The molecule has 0 saturated carbocycles. The van der Waals surface area contributed by atoms with Crippen molar-refractivity contribution in [3.8, 4) is 11.5 Å². The Kier molecular flexibility index (Phi) is 9.87. The predicted molar refractivity (Wildman–Crippen MR) is 144 cm³/mol. The molecule has 204 valence electrons. The van der Waals surface area contributed by atoms with Gasteiger partial charge in [0.1, 0.15) is 29.3 Å². The number of carbonyl (C=O) groups is 3. The highest BCUT2D eigenvalue weighted by atomic mass is 32.2. The summed E-state index contributed by atoms with van der Waals surface area (Å²) in [5.74, 6) is -3.20. The molecule has 1 heterocycles. The molecule has 0 radical (unpaired) electrons. The second kappa shape index (κ2) is 13.1. The summed E-state index contributed by atoms with van der Waals surface area (Å²) >= 11 is 0. The Morgan fingerprint density at radius 2 is 1.79 bits per heavy atom. The highest BCUT2D eigenvalue weighted by molar-refractivity contribution is 7.91. The van der Waals surface area contributed by atoms with E-state index in [1.165, 1.54) is 40.1 Å².